The number of nitrogens with two attached hydrogens (primary N) is 1. The summed E-state index contributed by atoms with van der Waals surface area (Å²) < 4.78 is 35.0. The van der Waals surface area contributed by atoms with Crippen LogP contribution >= 0.6 is 0 Å². The lowest BCUT2D eigenvalue weighted by atomic mass is 10.1. The summed E-state index contributed by atoms with van der Waals surface area (Å²) in [6, 6.07) is 5.76. The van der Waals surface area contributed by atoms with Crippen molar-refractivity contribution >= 4 is 27.4 Å². The van der Waals surface area contributed by atoms with Crippen LogP contribution in [-0.4, -0.2) is 60.0 Å². The van der Waals surface area contributed by atoms with Crippen LogP contribution in [0.5, 0.6) is 0 Å². The molecule has 37 heavy (non-hydrogen) atoms. The summed E-state index contributed by atoms with van der Waals surface area (Å²) in [5.74, 6) is -0.626. The van der Waals surface area contributed by atoms with Crippen molar-refractivity contribution in [3.63, 3.8) is 0 Å². The van der Waals surface area contributed by atoms with Crippen molar-refractivity contribution in [1.82, 2.24) is 13.9 Å². The molecule has 0 unspecified atom stereocenters. The Morgan fingerprint density at radius 1 is 1.22 bits per heavy atom. The lowest BCUT2D eigenvalue weighted by Gasteiger charge is -2.34. The smallest absolute Gasteiger partial charge is 0.330 e. The number of rotatable bonds is 9. The number of carbonyl (C=O) groups is 1. The summed E-state index contributed by atoms with van der Waals surface area (Å²) in [7, 11) is -3.89. The van der Waals surface area contributed by atoms with Gasteiger partial charge in [-0.15, -0.1) is 0 Å². The van der Waals surface area contributed by atoms with E-state index in [4.69, 9.17) is 10.5 Å². The lowest BCUT2D eigenvalue weighted by Crippen LogP contribution is -2.48. The third-order valence-electron chi connectivity index (χ3n) is 6.12. The highest BCUT2D eigenvalue weighted by Gasteiger charge is 2.33. The molecule has 0 aliphatic carbocycles. The average molecular weight is 536 g/mol. The van der Waals surface area contributed by atoms with Crippen molar-refractivity contribution in [2.45, 2.75) is 71.1 Å². The second kappa shape index (κ2) is 11.6. The van der Waals surface area contributed by atoms with E-state index >= 15 is 0 Å². The highest BCUT2D eigenvalue weighted by Crippen LogP contribution is 2.25. The van der Waals surface area contributed by atoms with Crippen LogP contribution in [0.25, 0.3) is 0 Å². The van der Waals surface area contributed by atoms with Crippen molar-refractivity contribution in [2.75, 3.05) is 30.3 Å². The third-order valence-corrected chi connectivity index (χ3v) is 7.94. The molecule has 1 aliphatic rings. The molecule has 1 aromatic carbocycles. The summed E-state index contributed by atoms with van der Waals surface area (Å²) in [5.41, 5.74) is 4.83. The number of sulfonamides is 1. The zero-order valence-electron chi connectivity index (χ0n) is 22.1. The van der Waals surface area contributed by atoms with E-state index in [2.05, 4.69) is 4.98 Å². The number of morpholine rings is 1. The summed E-state index contributed by atoms with van der Waals surface area (Å²) in [6.45, 7) is 10.2. The van der Waals surface area contributed by atoms with E-state index < -0.39 is 27.2 Å². The van der Waals surface area contributed by atoms with E-state index in [0.717, 1.165) is 6.42 Å². The molecule has 0 saturated carbocycles. The predicted molar refractivity (Wildman–Crippen MR) is 142 cm³/mol. The highest BCUT2D eigenvalue weighted by molar-refractivity contribution is 7.89. The Balaban J connectivity index is 2.06. The lowest BCUT2D eigenvalue weighted by molar-refractivity contribution is -0.0440. The molecule has 3 N–H and O–H groups in total. The maximum absolute atomic E-state index is 13.7. The number of benzene rings is 1. The van der Waals surface area contributed by atoms with Gasteiger partial charge in [0, 0.05) is 31.7 Å². The average Bonchev–Trinajstić information content (AvgIpc) is 2.82. The fraction of sp³-hybridized carbons (Fsp3) is 0.560. The third kappa shape index (κ3) is 6.31. The first kappa shape index (κ1) is 28.6. The zero-order chi connectivity index (χ0) is 27.5. The van der Waals surface area contributed by atoms with Crippen LogP contribution in [0.1, 0.15) is 57.8 Å². The molecular formula is C25H37N5O6S. The van der Waals surface area contributed by atoms with Gasteiger partial charge in [-0.3, -0.25) is 19.1 Å². The number of H-pyrrole nitrogens is 1. The standard InChI is InChI=1S/C25H37N5O6S/c1-6-7-11-29(21-22(26)30(13-16(2)3)25(33)27-23(21)31)24(32)19-9-8-10-20(12-19)37(34,35)28-14-17(4)36-18(5)15-28/h8-10,12,16-18H,6-7,11,13-15,26H2,1-5H3,(H,27,31,33)/t17-,18-/m1/s1. The number of nitrogens with one attached hydrogen (secondary N) is 1. The Labute approximate surface area is 217 Å². The molecule has 1 fully saturated rings. The fourth-order valence-corrected chi connectivity index (χ4v) is 6.07. The molecule has 0 bridgehead atoms. The van der Waals surface area contributed by atoms with Crippen LogP contribution in [0.3, 0.4) is 0 Å². The van der Waals surface area contributed by atoms with Gasteiger partial charge in [0.05, 0.1) is 17.1 Å². The van der Waals surface area contributed by atoms with Crippen molar-refractivity contribution in [2.24, 2.45) is 5.92 Å². The number of unbranched alkanes of at least 4 members (excludes halogenated alkanes) is 1. The van der Waals surface area contributed by atoms with E-state index in [-0.39, 0.29) is 66.3 Å². The number of hydrogen-bond acceptors (Lipinski definition) is 7. The van der Waals surface area contributed by atoms with Gasteiger partial charge in [-0.1, -0.05) is 33.3 Å². The number of nitrogen functional groups attached to an aromatic ring is 1. The molecule has 2 aromatic rings. The molecule has 1 saturated heterocycles. The van der Waals surface area contributed by atoms with Gasteiger partial charge in [0.1, 0.15) is 5.82 Å². The van der Waals surface area contributed by atoms with Crippen LogP contribution in [0.15, 0.2) is 38.8 Å². The topological polar surface area (TPSA) is 148 Å². The number of aromatic nitrogens is 2. The number of anilines is 2. The monoisotopic (exact) mass is 535 g/mol. The van der Waals surface area contributed by atoms with Gasteiger partial charge in [0.15, 0.2) is 5.69 Å². The Bertz CT molecular complexity index is 1340. The number of nitrogens with zero attached hydrogens (tertiary/aromatic N) is 3. The number of amides is 1. The second-order valence-corrected chi connectivity index (χ2v) is 11.9. The molecule has 0 radical (unpaired) electrons. The number of aromatic amines is 1. The number of hydrogen-bond donors (Lipinski definition) is 2. The van der Waals surface area contributed by atoms with Crippen LogP contribution in [-0.2, 0) is 21.3 Å². The van der Waals surface area contributed by atoms with Crippen LogP contribution in [0, 0.1) is 5.92 Å². The van der Waals surface area contributed by atoms with Gasteiger partial charge in [0.25, 0.3) is 11.5 Å². The highest BCUT2D eigenvalue weighted by atomic mass is 32.2. The van der Waals surface area contributed by atoms with E-state index in [1.54, 1.807) is 0 Å². The van der Waals surface area contributed by atoms with E-state index in [0.29, 0.717) is 6.42 Å². The molecule has 11 nitrogen and oxygen atoms in total. The Morgan fingerprint density at radius 2 is 1.86 bits per heavy atom. The quantitative estimate of drug-likeness (QED) is 0.499. The van der Waals surface area contributed by atoms with E-state index in [1.165, 1.54) is 38.0 Å². The molecule has 3 rings (SSSR count). The predicted octanol–water partition coefficient (Wildman–Crippen LogP) is 2.02. The number of carbonyl (C=O) groups excluding carboxylic acids is 1. The fourth-order valence-electron chi connectivity index (χ4n) is 4.44. The Kier molecular flexibility index (Phi) is 8.98. The first-order chi connectivity index (χ1) is 17.4. The molecular weight excluding hydrogens is 498 g/mol. The normalized spacial score (nSPS) is 18.8. The summed E-state index contributed by atoms with van der Waals surface area (Å²) in [4.78, 5) is 42.5. The first-order valence-corrected chi connectivity index (χ1v) is 14.0. The first-order valence-electron chi connectivity index (χ1n) is 12.6. The van der Waals surface area contributed by atoms with Crippen molar-refractivity contribution in [1.29, 1.82) is 0 Å². The Hall–Kier alpha value is -2.96. The largest absolute Gasteiger partial charge is 0.383 e. The van der Waals surface area contributed by atoms with Crippen molar-refractivity contribution in [3.05, 3.63) is 50.7 Å². The molecule has 0 spiro atoms. The maximum atomic E-state index is 13.7. The van der Waals surface area contributed by atoms with E-state index in [9.17, 15) is 22.8 Å². The van der Waals surface area contributed by atoms with Crippen molar-refractivity contribution < 1.29 is 17.9 Å². The Morgan fingerprint density at radius 3 is 2.46 bits per heavy atom. The van der Waals surface area contributed by atoms with E-state index in [1.807, 2.05) is 34.6 Å². The van der Waals surface area contributed by atoms with Crippen LogP contribution in [0.2, 0.25) is 0 Å². The molecule has 204 valence electrons. The van der Waals surface area contributed by atoms with Gasteiger partial charge in [-0.2, -0.15) is 4.31 Å². The van der Waals surface area contributed by atoms with Gasteiger partial charge >= 0.3 is 5.69 Å². The summed E-state index contributed by atoms with van der Waals surface area (Å²) in [6.07, 6.45) is 0.776. The summed E-state index contributed by atoms with van der Waals surface area (Å²) >= 11 is 0. The molecule has 1 aromatic heterocycles. The maximum Gasteiger partial charge on any atom is 0.330 e. The van der Waals surface area contributed by atoms with Gasteiger partial charge in [0.2, 0.25) is 10.0 Å². The molecule has 2 atom stereocenters. The minimum atomic E-state index is -3.89. The SMILES string of the molecule is CCCCN(C(=O)c1cccc(S(=O)(=O)N2C[C@@H](C)O[C@H](C)C2)c1)c1c(N)n(CC(C)C)c(=O)[nH]c1=O. The molecule has 1 aliphatic heterocycles. The minimum Gasteiger partial charge on any atom is -0.383 e. The second-order valence-electron chi connectivity index (χ2n) is 9.92. The van der Waals surface area contributed by atoms with Gasteiger partial charge in [-0.25, -0.2) is 13.2 Å². The molecule has 12 heteroatoms. The van der Waals surface area contributed by atoms with Crippen LogP contribution in [0.4, 0.5) is 11.5 Å². The molecule has 1 amide bonds. The summed E-state index contributed by atoms with van der Waals surface area (Å²) in [5, 5.41) is 0. The molecule has 2 heterocycles. The van der Waals surface area contributed by atoms with Gasteiger partial charge < -0.3 is 15.4 Å². The zero-order valence-corrected chi connectivity index (χ0v) is 22.9. The minimum absolute atomic E-state index is 0.0262. The van der Waals surface area contributed by atoms with Crippen LogP contribution < -0.4 is 21.9 Å². The van der Waals surface area contributed by atoms with Crippen molar-refractivity contribution in [3.8, 4) is 0 Å². The number of ether oxygens (including phenoxy) is 1. The van der Waals surface area contributed by atoms with Gasteiger partial charge in [-0.05, 0) is 44.4 Å².